The van der Waals surface area contributed by atoms with Gasteiger partial charge in [0, 0.05) is 72.3 Å². The monoisotopic (exact) mass is 548 g/mol. The van der Waals surface area contributed by atoms with E-state index in [0.29, 0.717) is 43.4 Å². The van der Waals surface area contributed by atoms with Crippen molar-refractivity contribution >= 4 is 39.8 Å². The molecule has 2 fully saturated rings. The Morgan fingerprint density at radius 2 is 1.55 bits per heavy atom. The molecule has 2 aliphatic rings. The third-order valence-corrected chi connectivity index (χ3v) is 7.54. The summed E-state index contributed by atoms with van der Waals surface area (Å²) in [5.74, 6) is -1.36. The Bertz CT molecular complexity index is 1660. The number of esters is 2. The summed E-state index contributed by atoms with van der Waals surface area (Å²) in [5.41, 5.74) is 5.50. The second kappa shape index (κ2) is 10.4. The van der Waals surface area contributed by atoms with Crippen LogP contribution in [0.15, 0.2) is 42.1 Å². The molecule has 2 aromatic carbocycles. The van der Waals surface area contributed by atoms with Gasteiger partial charge in [0.2, 0.25) is 0 Å². The molecule has 0 unspecified atom stereocenters. The zero-order chi connectivity index (χ0) is 28.0. The summed E-state index contributed by atoms with van der Waals surface area (Å²) < 4.78 is 39.3. The van der Waals surface area contributed by atoms with Crippen LogP contribution in [0.1, 0.15) is 37.8 Å². The van der Waals surface area contributed by atoms with Crippen molar-refractivity contribution in [3.8, 4) is 11.4 Å². The van der Waals surface area contributed by atoms with E-state index in [1.54, 1.807) is 12.1 Å². The molecule has 2 saturated heterocycles. The Morgan fingerprint density at radius 3 is 2.27 bits per heavy atom. The lowest BCUT2D eigenvalue weighted by atomic mass is 9.97. The molecule has 4 N–H and O–H groups in total. The van der Waals surface area contributed by atoms with Gasteiger partial charge in [-0.15, -0.1) is 0 Å². The fourth-order valence-corrected chi connectivity index (χ4v) is 5.94. The Hall–Kier alpha value is -4.18. The second-order valence-electron chi connectivity index (χ2n) is 10.5. The summed E-state index contributed by atoms with van der Waals surface area (Å²) in [7, 11) is 0. The van der Waals surface area contributed by atoms with Gasteiger partial charge in [-0.3, -0.25) is 9.59 Å². The highest BCUT2D eigenvalue weighted by atomic mass is 19.1. The molecule has 0 spiro atoms. The maximum absolute atomic E-state index is 14.3. The lowest BCUT2D eigenvalue weighted by Crippen LogP contribution is -2.24. The number of ether oxygens (including phenoxy) is 2. The molecular formula is C30H30F2N4O4. The first-order valence-electron chi connectivity index (χ1n) is 13.4. The maximum Gasteiger partial charge on any atom is 0.302 e. The van der Waals surface area contributed by atoms with Crippen LogP contribution in [0.4, 0.5) is 8.78 Å². The van der Waals surface area contributed by atoms with Crippen LogP contribution in [0, 0.1) is 11.6 Å². The third kappa shape index (κ3) is 5.19. The van der Waals surface area contributed by atoms with Gasteiger partial charge in [0.05, 0.1) is 17.9 Å². The van der Waals surface area contributed by atoms with Crippen molar-refractivity contribution in [3.05, 3.63) is 64.9 Å². The van der Waals surface area contributed by atoms with Gasteiger partial charge in [0.15, 0.2) is 0 Å². The normalized spacial score (nSPS) is 21.8. The van der Waals surface area contributed by atoms with Gasteiger partial charge in [0.1, 0.15) is 23.8 Å². The summed E-state index contributed by atoms with van der Waals surface area (Å²) in [5, 5.41) is 8.47. The number of carbonyl (C=O) groups is 2. The number of hydrogen-bond acceptors (Lipinski definition) is 6. The summed E-state index contributed by atoms with van der Waals surface area (Å²) >= 11 is 0. The van der Waals surface area contributed by atoms with Crippen LogP contribution in [-0.2, 0) is 25.5 Å². The first-order chi connectivity index (χ1) is 19.2. The highest BCUT2D eigenvalue weighted by Gasteiger charge is 2.29. The van der Waals surface area contributed by atoms with E-state index in [1.807, 2.05) is 6.08 Å². The maximum atomic E-state index is 14.3. The molecule has 0 amide bonds. The molecule has 8 nitrogen and oxygen atoms in total. The lowest BCUT2D eigenvalue weighted by molar-refractivity contribution is -0.146. The standard InChI is InChI=1S/C30H30F2N4O4/c1-15(37)39-21-9-19(33-13-21)11-25-23-5-3-17(31)7-27(23)35-29(25)30-26(24-6-4-18(32)8-28(24)36-30)12-20-10-22(14-34-20)40-16(2)38/h3-8,11,20-22,33-36H,9-10,12-14H2,1-2H3/b19-11+/t20-,21-,22-/m0/s1. The molecule has 4 aromatic rings. The summed E-state index contributed by atoms with van der Waals surface area (Å²) in [6, 6.07) is 9.32. The number of fused-ring (bicyclic) bond motifs is 2. The number of aromatic amines is 2. The molecule has 208 valence electrons. The summed E-state index contributed by atoms with van der Waals surface area (Å²) in [6.45, 7) is 3.87. The Morgan fingerprint density at radius 1 is 0.900 bits per heavy atom. The smallest absolute Gasteiger partial charge is 0.302 e. The van der Waals surface area contributed by atoms with E-state index < -0.39 is 0 Å². The van der Waals surface area contributed by atoms with E-state index in [-0.39, 0.29) is 41.8 Å². The van der Waals surface area contributed by atoms with Gasteiger partial charge >= 0.3 is 11.9 Å². The molecule has 40 heavy (non-hydrogen) atoms. The molecule has 0 aliphatic carbocycles. The molecule has 4 heterocycles. The molecule has 10 heteroatoms. The van der Waals surface area contributed by atoms with Crippen molar-refractivity contribution < 1.29 is 27.8 Å². The van der Waals surface area contributed by atoms with E-state index >= 15 is 0 Å². The van der Waals surface area contributed by atoms with Crippen LogP contribution in [0.25, 0.3) is 39.3 Å². The van der Waals surface area contributed by atoms with Gasteiger partial charge in [0.25, 0.3) is 0 Å². The number of H-pyrrole nitrogens is 2. The molecule has 3 atom stereocenters. The van der Waals surface area contributed by atoms with Crippen molar-refractivity contribution in [1.82, 2.24) is 20.6 Å². The topological polar surface area (TPSA) is 108 Å². The van der Waals surface area contributed by atoms with E-state index in [0.717, 1.165) is 39.0 Å². The molecule has 2 aliphatic heterocycles. The Kier molecular flexibility index (Phi) is 6.79. The van der Waals surface area contributed by atoms with Gasteiger partial charge in [-0.05, 0) is 54.5 Å². The number of benzene rings is 2. The number of nitrogens with one attached hydrogen (secondary N) is 4. The molecule has 0 radical (unpaired) electrons. The van der Waals surface area contributed by atoms with Gasteiger partial charge in [-0.25, -0.2) is 8.78 Å². The average molecular weight is 549 g/mol. The van der Waals surface area contributed by atoms with E-state index in [1.165, 1.54) is 38.1 Å². The largest absolute Gasteiger partial charge is 0.461 e. The highest BCUT2D eigenvalue weighted by molar-refractivity contribution is 6.00. The first kappa shape index (κ1) is 26.1. The second-order valence-corrected chi connectivity index (χ2v) is 10.5. The van der Waals surface area contributed by atoms with Gasteiger partial charge in [-0.2, -0.15) is 0 Å². The SMILES string of the molecule is CC(=O)O[C@@H]1CN/C(=C/c2c(-c3[nH]c4cc(F)ccc4c3C[C@@H]3C[C@H](OC(C)=O)CN3)[nH]c3cc(F)ccc23)C1. The minimum Gasteiger partial charge on any atom is -0.461 e. The van der Waals surface area contributed by atoms with Crippen LogP contribution in [0.3, 0.4) is 0 Å². The van der Waals surface area contributed by atoms with Crippen molar-refractivity contribution in [1.29, 1.82) is 0 Å². The van der Waals surface area contributed by atoms with E-state index in [2.05, 4.69) is 20.6 Å². The van der Waals surface area contributed by atoms with E-state index in [4.69, 9.17) is 9.47 Å². The minimum atomic E-state index is -0.362. The van der Waals surface area contributed by atoms with Gasteiger partial charge in [-0.1, -0.05) is 0 Å². The van der Waals surface area contributed by atoms with E-state index in [9.17, 15) is 18.4 Å². The molecular weight excluding hydrogens is 518 g/mol. The summed E-state index contributed by atoms with van der Waals surface area (Å²) in [6.07, 6.45) is 3.31. The quantitative estimate of drug-likeness (QED) is 0.260. The van der Waals surface area contributed by atoms with Crippen LogP contribution in [0.2, 0.25) is 0 Å². The highest BCUT2D eigenvalue weighted by Crippen LogP contribution is 2.38. The molecule has 0 saturated carbocycles. The third-order valence-electron chi connectivity index (χ3n) is 7.54. The van der Waals surface area contributed by atoms with Crippen molar-refractivity contribution in [2.45, 2.75) is 51.4 Å². The zero-order valence-corrected chi connectivity index (χ0v) is 22.2. The Balaban J connectivity index is 1.45. The fourth-order valence-electron chi connectivity index (χ4n) is 5.94. The van der Waals surface area contributed by atoms with Crippen LogP contribution in [-0.4, -0.2) is 53.2 Å². The lowest BCUT2D eigenvalue weighted by Gasteiger charge is -2.13. The number of aromatic nitrogens is 2. The number of rotatable bonds is 6. The fraction of sp³-hybridized carbons (Fsp3) is 0.333. The minimum absolute atomic E-state index is 0.0387. The molecule has 0 bridgehead atoms. The van der Waals surface area contributed by atoms with Crippen molar-refractivity contribution in [2.75, 3.05) is 13.1 Å². The first-order valence-corrected chi connectivity index (χ1v) is 13.4. The molecule has 6 rings (SSSR count). The van der Waals surface area contributed by atoms with Crippen LogP contribution < -0.4 is 10.6 Å². The number of halogens is 2. The summed E-state index contributed by atoms with van der Waals surface area (Å²) in [4.78, 5) is 29.8. The molecule has 2 aromatic heterocycles. The predicted molar refractivity (Wildman–Crippen MR) is 147 cm³/mol. The van der Waals surface area contributed by atoms with Crippen molar-refractivity contribution in [3.63, 3.8) is 0 Å². The van der Waals surface area contributed by atoms with Gasteiger partial charge < -0.3 is 30.1 Å². The predicted octanol–water partition coefficient (Wildman–Crippen LogP) is 4.70. The zero-order valence-electron chi connectivity index (χ0n) is 22.2. The number of carbonyl (C=O) groups excluding carboxylic acids is 2. The Labute approximate surface area is 229 Å². The van der Waals surface area contributed by atoms with Crippen molar-refractivity contribution in [2.24, 2.45) is 0 Å². The van der Waals surface area contributed by atoms with Crippen LogP contribution in [0.5, 0.6) is 0 Å². The van der Waals surface area contributed by atoms with Crippen LogP contribution >= 0.6 is 0 Å². The average Bonchev–Trinajstić information content (AvgIpc) is 3.66. The number of hydrogen-bond donors (Lipinski definition) is 4.